The maximum absolute atomic E-state index is 4.37. The average Bonchev–Trinajstić information content (AvgIpc) is 1.93. The smallest absolute Gasteiger partial charge is 0.0479 e. The molecule has 1 aliphatic heterocycles. The SMILES string of the molecule is CC1=NCCSC(C)C1. The lowest BCUT2D eigenvalue weighted by atomic mass is 10.2. The van der Waals surface area contributed by atoms with Crippen molar-refractivity contribution in [3.8, 4) is 0 Å². The van der Waals surface area contributed by atoms with Gasteiger partial charge in [-0.15, -0.1) is 0 Å². The molecule has 0 aromatic carbocycles. The molecule has 1 heterocycles. The lowest BCUT2D eigenvalue weighted by Gasteiger charge is -2.03. The Hall–Kier alpha value is 0.0200. The number of thioether (sulfide) groups is 1. The van der Waals surface area contributed by atoms with Crippen molar-refractivity contribution in [2.75, 3.05) is 12.3 Å². The molecule has 0 saturated carbocycles. The summed E-state index contributed by atoms with van der Waals surface area (Å²) in [5.74, 6) is 1.21. The molecule has 0 saturated heterocycles. The van der Waals surface area contributed by atoms with Crippen molar-refractivity contribution in [1.29, 1.82) is 0 Å². The van der Waals surface area contributed by atoms with Gasteiger partial charge in [0.05, 0.1) is 0 Å². The molecule has 0 N–H and O–H groups in total. The number of hydrogen-bond acceptors (Lipinski definition) is 2. The molecule has 0 fully saturated rings. The van der Waals surface area contributed by atoms with E-state index in [-0.39, 0.29) is 0 Å². The molecule has 0 aromatic rings. The second-order valence-corrected chi connectivity index (χ2v) is 4.05. The summed E-state index contributed by atoms with van der Waals surface area (Å²) >= 11 is 2.03. The zero-order valence-electron chi connectivity index (χ0n) is 6.05. The highest BCUT2D eigenvalue weighted by molar-refractivity contribution is 7.99. The number of hydrogen-bond donors (Lipinski definition) is 0. The van der Waals surface area contributed by atoms with Gasteiger partial charge in [0.25, 0.3) is 0 Å². The first-order valence-electron chi connectivity index (χ1n) is 3.40. The van der Waals surface area contributed by atoms with E-state index in [9.17, 15) is 0 Å². The fraction of sp³-hybridized carbons (Fsp3) is 0.857. The number of rotatable bonds is 0. The molecule has 0 bridgehead atoms. The molecule has 1 atom stereocenters. The molecule has 1 rings (SSSR count). The fourth-order valence-electron chi connectivity index (χ4n) is 1.03. The van der Waals surface area contributed by atoms with Crippen LogP contribution in [-0.2, 0) is 0 Å². The van der Waals surface area contributed by atoms with Crippen molar-refractivity contribution in [1.82, 2.24) is 0 Å². The third kappa shape index (κ3) is 2.39. The summed E-state index contributed by atoms with van der Waals surface area (Å²) in [5.41, 5.74) is 1.33. The minimum Gasteiger partial charge on any atom is -0.294 e. The monoisotopic (exact) mass is 143 g/mol. The highest BCUT2D eigenvalue weighted by Gasteiger charge is 2.06. The van der Waals surface area contributed by atoms with E-state index in [1.807, 2.05) is 11.8 Å². The Balaban J connectivity index is 2.44. The van der Waals surface area contributed by atoms with Crippen molar-refractivity contribution in [2.24, 2.45) is 4.99 Å². The second kappa shape index (κ2) is 3.25. The van der Waals surface area contributed by atoms with E-state index >= 15 is 0 Å². The van der Waals surface area contributed by atoms with Gasteiger partial charge in [0, 0.05) is 23.3 Å². The lowest BCUT2D eigenvalue weighted by Crippen LogP contribution is -2.00. The van der Waals surface area contributed by atoms with E-state index in [4.69, 9.17) is 0 Å². The van der Waals surface area contributed by atoms with Gasteiger partial charge in [0.15, 0.2) is 0 Å². The molecule has 9 heavy (non-hydrogen) atoms. The van der Waals surface area contributed by atoms with Gasteiger partial charge >= 0.3 is 0 Å². The molecular formula is C7H13NS. The van der Waals surface area contributed by atoms with Gasteiger partial charge in [-0.3, -0.25) is 4.99 Å². The van der Waals surface area contributed by atoms with E-state index < -0.39 is 0 Å². The van der Waals surface area contributed by atoms with Crippen LogP contribution in [0.2, 0.25) is 0 Å². The maximum atomic E-state index is 4.37. The van der Waals surface area contributed by atoms with Crippen LogP contribution >= 0.6 is 11.8 Å². The van der Waals surface area contributed by atoms with Crippen LogP contribution in [0.4, 0.5) is 0 Å². The molecule has 0 spiro atoms. The highest BCUT2D eigenvalue weighted by Crippen LogP contribution is 2.16. The molecule has 0 amide bonds. The third-order valence-corrected chi connectivity index (χ3v) is 2.61. The topological polar surface area (TPSA) is 12.4 Å². The molecule has 0 radical (unpaired) electrons. The zero-order chi connectivity index (χ0) is 6.69. The van der Waals surface area contributed by atoms with Crippen LogP contribution in [0.5, 0.6) is 0 Å². The molecule has 0 aliphatic carbocycles. The number of nitrogens with zero attached hydrogens (tertiary/aromatic N) is 1. The Kier molecular flexibility index (Phi) is 2.58. The molecule has 1 nitrogen and oxygen atoms in total. The Labute approximate surface area is 60.9 Å². The minimum atomic E-state index is 0.788. The Morgan fingerprint density at radius 2 is 2.44 bits per heavy atom. The first-order valence-corrected chi connectivity index (χ1v) is 4.45. The highest BCUT2D eigenvalue weighted by atomic mass is 32.2. The standard InChI is InChI=1S/C7H13NS/c1-6-5-7(2)9-4-3-8-6/h7H,3-5H2,1-2H3. The van der Waals surface area contributed by atoms with Gasteiger partial charge in [0.2, 0.25) is 0 Å². The predicted octanol–water partition coefficient (Wildman–Crippen LogP) is 1.97. The summed E-state index contributed by atoms with van der Waals surface area (Å²) in [6, 6.07) is 0. The Bertz CT molecular complexity index is 120. The minimum absolute atomic E-state index is 0.788. The van der Waals surface area contributed by atoms with Crippen molar-refractivity contribution in [3.63, 3.8) is 0 Å². The van der Waals surface area contributed by atoms with E-state index in [1.54, 1.807) is 0 Å². The van der Waals surface area contributed by atoms with Gasteiger partial charge in [0.1, 0.15) is 0 Å². The van der Waals surface area contributed by atoms with Crippen LogP contribution < -0.4 is 0 Å². The van der Waals surface area contributed by atoms with Crippen LogP contribution in [-0.4, -0.2) is 23.3 Å². The zero-order valence-corrected chi connectivity index (χ0v) is 6.87. The fourth-order valence-corrected chi connectivity index (χ4v) is 1.99. The first-order chi connectivity index (χ1) is 4.29. The van der Waals surface area contributed by atoms with Gasteiger partial charge in [-0.25, -0.2) is 0 Å². The van der Waals surface area contributed by atoms with Gasteiger partial charge in [-0.1, -0.05) is 6.92 Å². The van der Waals surface area contributed by atoms with Crippen molar-refractivity contribution >= 4 is 17.5 Å². The van der Waals surface area contributed by atoms with Gasteiger partial charge in [-0.2, -0.15) is 11.8 Å². The lowest BCUT2D eigenvalue weighted by molar-refractivity contribution is 1.02. The summed E-state index contributed by atoms with van der Waals surface area (Å²) in [5, 5.41) is 0.788. The van der Waals surface area contributed by atoms with E-state index in [0.29, 0.717) is 0 Å². The van der Waals surface area contributed by atoms with E-state index in [0.717, 1.165) is 11.8 Å². The second-order valence-electron chi connectivity index (χ2n) is 2.50. The summed E-state index contributed by atoms with van der Waals surface area (Å²) in [4.78, 5) is 4.37. The summed E-state index contributed by atoms with van der Waals surface area (Å²) in [6.07, 6.45) is 1.19. The largest absolute Gasteiger partial charge is 0.294 e. The van der Waals surface area contributed by atoms with Crippen molar-refractivity contribution < 1.29 is 0 Å². The summed E-state index contributed by atoms with van der Waals surface area (Å²) < 4.78 is 0. The van der Waals surface area contributed by atoms with Crippen LogP contribution in [0.25, 0.3) is 0 Å². The molecule has 0 aromatic heterocycles. The van der Waals surface area contributed by atoms with E-state index in [2.05, 4.69) is 18.8 Å². The van der Waals surface area contributed by atoms with Crippen molar-refractivity contribution in [3.05, 3.63) is 0 Å². The van der Waals surface area contributed by atoms with Crippen LogP contribution in [0.1, 0.15) is 20.3 Å². The molecule has 1 unspecified atom stereocenters. The molecule has 2 heteroatoms. The first kappa shape index (κ1) is 7.13. The summed E-state index contributed by atoms with van der Waals surface area (Å²) in [7, 11) is 0. The van der Waals surface area contributed by atoms with Gasteiger partial charge < -0.3 is 0 Å². The van der Waals surface area contributed by atoms with E-state index in [1.165, 1.54) is 17.9 Å². The quantitative estimate of drug-likeness (QED) is 0.505. The van der Waals surface area contributed by atoms with Crippen LogP contribution in [0.3, 0.4) is 0 Å². The predicted molar refractivity (Wildman–Crippen MR) is 44.5 cm³/mol. The van der Waals surface area contributed by atoms with Crippen LogP contribution in [0, 0.1) is 0 Å². The van der Waals surface area contributed by atoms with Crippen LogP contribution in [0.15, 0.2) is 4.99 Å². The summed E-state index contributed by atoms with van der Waals surface area (Å²) in [6.45, 7) is 5.43. The molecule has 52 valence electrons. The Morgan fingerprint density at radius 1 is 1.67 bits per heavy atom. The van der Waals surface area contributed by atoms with Gasteiger partial charge in [-0.05, 0) is 13.3 Å². The molecule has 1 aliphatic rings. The maximum Gasteiger partial charge on any atom is 0.0479 e. The Morgan fingerprint density at radius 3 is 3.22 bits per heavy atom. The third-order valence-electron chi connectivity index (χ3n) is 1.46. The molecular weight excluding hydrogens is 130 g/mol. The average molecular weight is 143 g/mol. The normalized spacial score (nSPS) is 29.1. The number of aliphatic imine (C=N–C) groups is 1. The van der Waals surface area contributed by atoms with Crippen molar-refractivity contribution in [2.45, 2.75) is 25.5 Å².